The van der Waals surface area contributed by atoms with Crippen molar-refractivity contribution in [2.24, 2.45) is 0 Å². The van der Waals surface area contributed by atoms with Gasteiger partial charge in [-0.1, -0.05) is 23.7 Å². The summed E-state index contributed by atoms with van der Waals surface area (Å²) in [6, 6.07) is 16.1. The number of sulfonamides is 1. The number of pyridine rings is 1. The van der Waals surface area contributed by atoms with Gasteiger partial charge in [-0.25, -0.2) is 13.4 Å². The van der Waals surface area contributed by atoms with E-state index < -0.39 is 15.9 Å². The van der Waals surface area contributed by atoms with Gasteiger partial charge in [-0.2, -0.15) is 0 Å². The SMILES string of the molecule is Cc1ccn2cc(CNC(=O)c3cccc(S(=O)(=O)Nc4cccc(Cl)c4)c3)nc2c1. The van der Waals surface area contributed by atoms with Gasteiger partial charge in [0.05, 0.1) is 22.8 Å². The average Bonchev–Trinajstić information content (AvgIpc) is 3.14. The highest BCUT2D eigenvalue weighted by Crippen LogP contribution is 2.20. The van der Waals surface area contributed by atoms with E-state index in [9.17, 15) is 13.2 Å². The van der Waals surface area contributed by atoms with Crippen molar-refractivity contribution in [2.75, 3.05) is 4.72 Å². The summed E-state index contributed by atoms with van der Waals surface area (Å²) >= 11 is 5.91. The Morgan fingerprint density at radius 2 is 1.90 bits per heavy atom. The van der Waals surface area contributed by atoms with Gasteiger partial charge in [0, 0.05) is 23.0 Å². The summed E-state index contributed by atoms with van der Waals surface area (Å²) in [5.74, 6) is -0.395. The highest BCUT2D eigenvalue weighted by Gasteiger charge is 2.17. The van der Waals surface area contributed by atoms with Gasteiger partial charge in [0.1, 0.15) is 5.65 Å². The van der Waals surface area contributed by atoms with Crippen LogP contribution in [0.25, 0.3) is 5.65 Å². The molecule has 0 spiro atoms. The smallest absolute Gasteiger partial charge is 0.261 e. The molecule has 2 N–H and O–H groups in total. The van der Waals surface area contributed by atoms with Crippen LogP contribution in [0, 0.1) is 6.92 Å². The molecule has 4 aromatic rings. The summed E-state index contributed by atoms with van der Waals surface area (Å²) in [7, 11) is -3.88. The predicted molar refractivity (Wildman–Crippen MR) is 120 cm³/mol. The number of benzene rings is 2. The van der Waals surface area contributed by atoms with E-state index in [1.807, 2.05) is 35.9 Å². The molecule has 2 heterocycles. The number of fused-ring (bicyclic) bond motifs is 1. The molecule has 2 aromatic carbocycles. The predicted octanol–water partition coefficient (Wildman–Crippen LogP) is 4.03. The highest BCUT2D eigenvalue weighted by molar-refractivity contribution is 7.92. The molecule has 0 atom stereocenters. The Balaban J connectivity index is 1.48. The second-order valence-corrected chi connectivity index (χ2v) is 9.15. The van der Waals surface area contributed by atoms with Crippen LogP contribution in [-0.4, -0.2) is 23.7 Å². The Kier molecular flexibility index (Phi) is 5.67. The molecule has 0 bridgehead atoms. The number of amides is 1. The zero-order valence-electron chi connectivity index (χ0n) is 16.5. The van der Waals surface area contributed by atoms with Crippen LogP contribution < -0.4 is 10.0 Å². The van der Waals surface area contributed by atoms with E-state index in [-0.39, 0.29) is 17.0 Å². The molecule has 31 heavy (non-hydrogen) atoms. The lowest BCUT2D eigenvalue weighted by atomic mass is 10.2. The lowest BCUT2D eigenvalue weighted by Gasteiger charge is -2.10. The minimum absolute atomic E-state index is 0.0247. The molecule has 0 aliphatic heterocycles. The minimum atomic E-state index is -3.88. The number of hydrogen-bond acceptors (Lipinski definition) is 4. The standard InChI is InChI=1S/C22H19ClN4O3S/c1-15-8-9-27-14-19(25-21(27)10-15)13-24-22(28)16-4-2-7-20(11-16)31(29,30)26-18-6-3-5-17(23)12-18/h2-12,14,26H,13H2,1H3,(H,24,28). The number of carbonyl (C=O) groups is 1. The van der Waals surface area contributed by atoms with Gasteiger partial charge in [0.2, 0.25) is 0 Å². The van der Waals surface area contributed by atoms with E-state index in [2.05, 4.69) is 15.0 Å². The molecule has 0 saturated heterocycles. The van der Waals surface area contributed by atoms with Crippen LogP contribution in [0.3, 0.4) is 0 Å². The van der Waals surface area contributed by atoms with Gasteiger partial charge in [-0.05, 0) is 61.0 Å². The van der Waals surface area contributed by atoms with E-state index >= 15 is 0 Å². The number of rotatable bonds is 6. The first-order chi connectivity index (χ1) is 14.8. The molecular formula is C22H19ClN4O3S. The van der Waals surface area contributed by atoms with Crippen molar-refractivity contribution in [1.29, 1.82) is 0 Å². The quantitative estimate of drug-likeness (QED) is 0.460. The van der Waals surface area contributed by atoms with Gasteiger partial charge in [0.15, 0.2) is 0 Å². The van der Waals surface area contributed by atoms with Crippen molar-refractivity contribution in [1.82, 2.24) is 14.7 Å². The normalized spacial score (nSPS) is 11.4. The number of nitrogens with one attached hydrogen (secondary N) is 2. The number of aromatic nitrogens is 2. The molecule has 158 valence electrons. The summed E-state index contributed by atoms with van der Waals surface area (Å²) in [5.41, 5.74) is 3.16. The molecule has 0 radical (unpaired) electrons. The fourth-order valence-electron chi connectivity index (χ4n) is 3.06. The molecule has 0 fully saturated rings. The molecule has 4 rings (SSSR count). The van der Waals surface area contributed by atoms with Crippen LogP contribution in [-0.2, 0) is 16.6 Å². The summed E-state index contributed by atoms with van der Waals surface area (Å²) in [5, 5.41) is 3.19. The molecule has 0 unspecified atom stereocenters. The van der Waals surface area contributed by atoms with Gasteiger partial charge < -0.3 is 9.72 Å². The van der Waals surface area contributed by atoms with Gasteiger partial charge in [0.25, 0.3) is 15.9 Å². The number of hydrogen-bond donors (Lipinski definition) is 2. The third-order valence-electron chi connectivity index (χ3n) is 4.58. The zero-order chi connectivity index (χ0) is 22.0. The Labute approximate surface area is 184 Å². The van der Waals surface area contributed by atoms with Crippen LogP contribution in [0.5, 0.6) is 0 Å². The number of anilines is 1. The maximum atomic E-state index is 12.7. The van der Waals surface area contributed by atoms with Crippen LogP contribution in [0.4, 0.5) is 5.69 Å². The van der Waals surface area contributed by atoms with Crippen molar-refractivity contribution < 1.29 is 13.2 Å². The Morgan fingerprint density at radius 1 is 1.10 bits per heavy atom. The van der Waals surface area contributed by atoms with Gasteiger partial charge >= 0.3 is 0 Å². The Hall–Kier alpha value is -3.36. The fraction of sp³-hybridized carbons (Fsp3) is 0.0909. The minimum Gasteiger partial charge on any atom is -0.346 e. The Bertz CT molecular complexity index is 1380. The van der Waals surface area contributed by atoms with Crippen LogP contribution in [0.15, 0.2) is 78.0 Å². The van der Waals surface area contributed by atoms with E-state index in [0.29, 0.717) is 16.4 Å². The van der Waals surface area contributed by atoms with Crippen LogP contribution >= 0.6 is 11.6 Å². The number of nitrogens with zero attached hydrogens (tertiary/aromatic N) is 2. The summed E-state index contributed by atoms with van der Waals surface area (Å²) in [6.45, 7) is 2.20. The molecule has 2 aromatic heterocycles. The maximum Gasteiger partial charge on any atom is 0.261 e. The second-order valence-electron chi connectivity index (χ2n) is 7.03. The van der Waals surface area contributed by atoms with Crippen LogP contribution in [0.2, 0.25) is 5.02 Å². The van der Waals surface area contributed by atoms with E-state index in [0.717, 1.165) is 11.2 Å². The lowest BCUT2D eigenvalue weighted by molar-refractivity contribution is 0.0950. The summed E-state index contributed by atoms with van der Waals surface area (Å²) in [6.07, 6.45) is 3.75. The topological polar surface area (TPSA) is 92.6 Å². The molecule has 1 amide bonds. The number of halogens is 1. The highest BCUT2D eigenvalue weighted by atomic mass is 35.5. The summed E-state index contributed by atoms with van der Waals surface area (Å²) in [4.78, 5) is 17.0. The van der Waals surface area contributed by atoms with Crippen molar-refractivity contribution in [3.8, 4) is 0 Å². The van der Waals surface area contributed by atoms with E-state index in [1.54, 1.807) is 24.3 Å². The fourth-order valence-corrected chi connectivity index (χ4v) is 4.35. The van der Waals surface area contributed by atoms with Gasteiger partial charge in [-0.15, -0.1) is 0 Å². The van der Waals surface area contributed by atoms with E-state index in [1.165, 1.54) is 24.3 Å². The molecular weight excluding hydrogens is 436 g/mol. The first kappa shape index (κ1) is 20.9. The third kappa shape index (κ3) is 4.87. The van der Waals surface area contributed by atoms with Crippen molar-refractivity contribution in [2.45, 2.75) is 18.4 Å². The Morgan fingerprint density at radius 3 is 2.71 bits per heavy atom. The zero-order valence-corrected chi connectivity index (χ0v) is 18.1. The van der Waals surface area contributed by atoms with Crippen LogP contribution in [0.1, 0.15) is 21.6 Å². The monoisotopic (exact) mass is 454 g/mol. The van der Waals surface area contributed by atoms with Gasteiger partial charge in [-0.3, -0.25) is 9.52 Å². The largest absolute Gasteiger partial charge is 0.346 e. The maximum absolute atomic E-state index is 12.7. The number of aryl methyl sites for hydroxylation is 1. The first-order valence-electron chi connectivity index (χ1n) is 9.41. The molecule has 0 aliphatic rings. The average molecular weight is 455 g/mol. The van der Waals surface area contributed by atoms with Crippen molar-refractivity contribution in [3.63, 3.8) is 0 Å². The molecule has 0 aliphatic carbocycles. The van der Waals surface area contributed by atoms with E-state index in [4.69, 9.17) is 11.6 Å². The summed E-state index contributed by atoms with van der Waals surface area (Å²) < 4.78 is 29.7. The second kappa shape index (κ2) is 8.41. The number of carbonyl (C=O) groups excluding carboxylic acids is 1. The lowest BCUT2D eigenvalue weighted by Crippen LogP contribution is -2.23. The molecule has 7 nitrogen and oxygen atoms in total. The number of imidazole rings is 1. The first-order valence-corrected chi connectivity index (χ1v) is 11.3. The van der Waals surface area contributed by atoms with Crippen molar-refractivity contribution >= 4 is 38.9 Å². The van der Waals surface area contributed by atoms with Crippen molar-refractivity contribution in [3.05, 3.63) is 94.9 Å². The third-order valence-corrected chi connectivity index (χ3v) is 6.19. The molecule has 9 heteroatoms. The molecule has 0 saturated carbocycles.